The summed E-state index contributed by atoms with van der Waals surface area (Å²) in [4.78, 5) is 21.8. The lowest BCUT2D eigenvalue weighted by atomic mass is 9.78. The van der Waals surface area contributed by atoms with Gasteiger partial charge in [-0.25, -0.2) is 19.9 Å². The number of rotatable bonds is 11. The van der Waals surface area contributed by atoms with E-state index in [9.17, 15) is 0 Å². The first-order valence-electron chi connectivity index (χ1n) is 33.9. The summed E-state index contributed by atoms with van der Waals surface area (Å²) in [6.45, 7) is 9.42. The molecule has 98 heavy (non-hydrogen) atoms. The van der Waals surface area contributed by atoms with Crippen LogP contribution in [-0.4, -0.2) is 19.9 Å². The molecule has 0 saturated carbocycles. The summed E-state index contributed by atoms with van der Waals surface area (Å²) in [7, 11) is 0. The Morgan fingerprint density at radius 1 is 0.184 bits per heavy atom. The number of hydrogen-bond donors (Lipinski definition) is 0. The van der Waals surface area contributed by atoms with E-state index in [4.69, 9.17) is 19.9 Å². The Morgan fingerprint density at radius 3 is 1.00 bits per heavy atom. The fourth-order valence-electron chi connectivity index (χ4n) is 15.8. The third-order valence-electron chi connectivity index (χ3n) is 20.7. The van der Waals surface area contributed by atoms with Gasteiger partial charge in [-0.3, -0.25) is 0 Å². The predicted molar refractivity (Wildman–Crippen MR) is 408 cm³/mol. The summed E-state index contributed by atoms with van der Waals surface area (Å²) in [5, 5.41) is 4.46. The number of aromatic nitrogens is 4. The summed E-state index contributed by atoms with van der Waals surface area (Å²) < 4.78 is 0. The highest BCUT2D eigenvalue weighted by Crippen LogP contribution is 2.53. The van der Waals surface area contributed by atoms with Crippen molar-refractivity contribution >= 4 is 21.5 Å². The van der Waals surface area contributed by atoms with Crippen molar-refractivity contribution in [2.45, 2.75) is 38.5 Å². The maximum absolute atomic E-state index is 5.50. The Bertz CT molecular complexity index is 5880. The van der Waals surface area contributed by atoms with E-state index in [1.54, 1.807) is 0 Å². The first kappa shape index (κ1) is 58.3. The van der Waals surface area contributed by atoms with Crippen LogP contribution in [0.1, 0.15) is 49.9 Å². The minimum Gasteiger partial charge on any atom is -0.228 e. The smallest absolute Gasteiger partial charge is 0.161 e. The Labute approximate surface area is 572 Å². The maximum Gasteiger partial charge on any atom is 0.161 e. The zero-order valence-electron chi connectivity index (χ0n) is 55.0. The molecule has 2 aromatic heterocycles. The van der Waals surface area contributed by atoms with Crippen molar-refractivity contribution in [2.24, 2.45) is 0 Å². The molecule has 0 bridgehead atoms. The van der Waals surface area contributed by atoms with Crippen LogP contribution in [0.4, 0.5) is 0 Å². The van der Waals surface area contributed by atoms with E-state index in [-0.39, 0.29) is 10.8 Å². The maximum atomic E-state index is 5.50. The van der Waals surface area contributed by atoms with Gasteiger partial charge < -0.3 is 0 Å². The number of benzene rings is 14. The topological polar surface area (TPSA) is 51.6 Å². The highest BCUT2D eigenvalue weighted by Gasteiger charge is 2.38. The van der Waals surface area contributed by atoms with Crippen LogP contribution in [0.2, 0.25) is 0 Å². The molecule has 0 spiro atoms. The van der Waals surface area contributed by atoms with Gasteiger partial charge in [-0.1, -0.05) is 301 Å². The Morgan fingerprint density at radius 2 is 0.490 bits per heavy atom. The van der Waals surface area contributed by atoms with Crippen LogP contribution in [0, 0.1) is 0 Å². The van der Waals surface area contributed by atoms with E-state index < -0.39 is 0 Å². The van der Waals surface area contributed by atoms with E-state index in [0.29, 0.717) is 11.6 Å². The zero-order valence-corrected chi connectivity index (χ0v) is 55.0. The molecule has 16 aromatic rings. The van der Waals surface area contributed by atoms with Gasteiger partial charge >= 0.3 is 0 Å². The van der Waals surface area contributed by atoms with Crippen LogP contribution in [0.5, 0.6) is 0 Å². The minimum absolute atomic E-state index is 0.0830. The van der Waals surface area contributed by atoms with Crippen LogP contribution in [0.3, 0.4) is 0 Å². The van der Waals surface area contributed by atoms with E-state index in [1.165, 1.54) is 66.8 Å². The normalized spacial score (nSPS) is 13.1. The Kier molecular flexibility index (Phi) is 13.9. The van der Waals surface area contributed by atoms with Gasteiger partial charge in [-0.2, -0.15) is 0 Å². The number of hydrogen-bond acceptors (Lipinski definition) is 4. The molecule has 0 aliphatic heterocycles. The third-order valence-corrected chi connectivity index (χ3v) is 20.7. The summed E-state index contributed by atoms with van der Waals surface area (Å²) in [6, 6.07) is 119. The molecule has 18 rings (SSSR count). The second-order valence-electron chi connectivity index (χ2n) is 27.2. The molecule has 0 unspecified atom stereocenters. The van der Waals surface area contributed by atoms with Gasteiger partial charge in [-0.15, -0.1) is 0 Å². The molecular formula is C94H66N4. The second-order valence-corrected chi connectivity index (χ2v) is 27.2. The van der Waals surface area contributed by atoms with Crippen LogP contribution >= 0.6 is 0 Å². The van der Waals surface area contributed by atoms with Crippen molar-refractivity contribution in [3.05, 3.63) is 350 Å². The molecule has 0 atom stereocenters. The molecule has 0 N–H and O–H groups in total. The van der Waals surface area contributed by atoms with Gasteiger partial charge in [0.05, 0.1) is 22.8 Å². The van der Waals surface area contributed by atoms with Gasteiger partial charge in [0, 0.05) is 44.2 Å². The fraction of sp³-hybridized carbons (Fsp3) is 0.0638. The minimum atomic E-state index is -0.134. The molecule has 14 aromatic carbocycles. The van der Waals surface area contributed by atoms with E-state index in [0.717, 1.165) is 111 Å². The van der Waals surface area contributed by atoms with Crippen molar-refractivity contribution in [1.82, 2.24) is 19.9 Å². The van der Waals surface area contributed by atoms with Crippen LogP contribution < -0.4 is 0 Å². The number of fused-ring (bicyclic) bond motifs is 8. The second kappa shape index (κ2) is 23.3. The molecule has 4 heteroatoms. The van der Waals surface area contributed by atoms with E-state index >= 15 is 0 Å². The highest BCUT2D eigenvalue weighted by atomic mass is 14.9. The van der Waals surface area contributed by atoms with Gasteiger partial charge in [0.15, 0.2) is 11.6 Å². The molecule has 2 aliphatic rings. The highest BCUT2D eigenvalue weighted by molar-refractivity contribution is 6.06. The monoisotopic (exact) mass is 1250 g/mol. The lowest BCUT2D eigenvalue weighted by molar-refractivity contribution is 0.660. The van der Waals surface area contributed by atoms with Crippen molar-refractivity contribution in [1.29, 1.82) is 0 Å². The van der Waals surface area contributed by atoms with Gasteiger partial charge in [0.1, 0.15) is 0 Å². The quantitative estimate of drug-likeness (QED) is 0.129. The van der Waals surface area contributed by atoms with Crippen molar-refractivity contribution < 1.29 is 0 Å². The van der Waals surface area contributed by atoms with Crippen LogP contribution in [0.15, 0.2) is 328 Å². The largest absolute Gasteiger partial charge is 0.228 e. The van der Waals surface area contributed by atoms with E-state index in [1.807, 2.05) is 0 Å². The van der Waals surface area contributed by atoms with E-state index in [2.05, 4.69) is 355 Å². The van der Waals surface area contributed by atoms with Gasteiger partial charge in [0.25, 0.3) is 0 Å². The summed E-state index contributed by atoms with van der Waals surface area (Å²) in [6.07, 6.45) is 0. The first-order chi connectivity index (χ1) is 48.1. The zero-order chi connectivity index (χ0) is 65.6. The average Bonchev–Trinajstić information content (AvgIpc) is 1.57. The SMILES string of the molecule is CC1(C)c2ccccc2-c2ccc(-c3cccc(-c4ccc(-c5nc(-c6ccccc6)cc(-c6cccc(-c7cccc(-c8cc(-c9ccccc9)nc(-c9ccc(-c%10cccc(-c%11cccc%12c%11C(C)(C)c%11ccccc%11-%12)c%10)c%10ccccc9%10)n8)c7)c6)n5)c5ccccc45)c3)cc21. The fourth-order valence-corrected chi connectivity index (χ4v) is 15.8. The molecule has 4 nitrogen and oxygen atoms in total. The van der Waals surface area contributed by atoms with Crippen LogP contribution in [-0.2, 0) is 10.8 Å². The van der Waals surface area contributed by atoms with Crippen molar-refractivity contribution in [3.63, 3.8) is 0 Å². The van der Waals surface area contributed by atoms with Crippen molar-refractivity contribution in [2.75, 3.05) is 0 Å². The summed E-state index contributed by atoms with van der Waals surface area (Å²) >= 11 is 0. The Hall–Kier alpha value is -12.2. The standard InChI is InChI=1S/C94H66N4/c1-93(2)83-44-17-15-40-77(83)79-47-46-64(56-85(79)93)61-28-19-31-65(52-61)70-48-50-81(75-38-13-11-36-73(70)75)91-95-86(59-24-7-5-8-25-59)57-88(97-91)68-34-20-29-62(53-68)63-30-21-35-69(54-63)89-58-87(60-26-9-6-10-27-60)96-92(98-89)82-51-49-71(74-37-12-14-39-76(74)82)66-32-22-33-67(55-66)72-42-23-43-80-78-41-16-18-45-84(78)94(3,4)90(72)80/h5-58H,1-4H3. The summed E-state index contributed by atoms with van der Waals surface area (Å²) in [5.74, 6) is 1.33. The van der Waals surface area contributed by atoms with Crippen molar-refractivity contribution in [3.8, 4) is 146 Å². The van der Waals surface area contributed by atoms with Crippen LogP contribution in [0.25, 0.3) is 167 Å². The Balaban J connectivity index is 0.691. The molecule has 0 radical (unpaired) electrons. The summed E-state index contributed by atoms with van der Waals surface area (Å²) in [5.41, 5.74) is 31.6. The number of nitrogens with zero attached hydrogens (tertiary/aromatic N) is 4. The molecule has 462 valence electrons. The predicted octanol–water partition coefficient (Wildman–Crippen LogP) is 24.5. The van der Waals surface area contributed by atoms with Gasteiger partial charge in [-0.05, 0) is 176 Å². The first-order valence-corrected chi connectivity index (χ1v) is 33.9. The molecule has 2 heterocycles. The molecule has 0 amide bonds. The third kappa shape index (κ3) is 9.90. The lowest BCUT2D eigenvalue weighted by Gasteiger charge is -2.24. The van der Waals surface area contributed by atoms with Gasteiger partial charge in [0.2, 0.25) is 0 Å². The molecule has 0 fully saturated rings. The molecular weight excluding hydrogens is 1190 g/mol. The lowest BCUT2D eigenvalue weighted by Crippen LogP contribution is -2.16. The average molecular weight is 1250 g/mol. The molecule has 0 saturated heterocycles. The molecule has 2 aliphatic carbocycles.